The average molecular weight is 457 g/mol. The zero-order valence-corrected chi connectivity index (χ0v) is 18.8. The zero-order chi connectivity index (χ0) is 23.3. The van der Waals surface area contributed by atoms with Gasteiger partial charge < -0.3 is 4.57 Å². The van der Waals surface area contributed by atoms with Crippen LogP contribution in [-0.4, -0.2) is 46.0 Å². The molecule has 1 aromatic heterocycles. The van der Waals surface area contributed by atoms with Crippen LogP contribution in [0.3, 0.4) is 0 Å². The molecule has 0 aliphatic carbocycles. The summed E-state index contributed by atoms with van der Waals surface area (Å²) >= 11 is 0. The van der Waals surface area contributed by atoms with Crippen LogP contribution in [0, 0.1) is 10.1 Å². The second-order valence-corrected chi connectivity index (χ2v) is 8.79. The molecular weight excluding hydrogens is 432 g/mol. The third kappa shape index (κ3) is 4.84. The first kappa shape index (κ1) is 23.1. The molecule has 0 atom stereocenters. The third-order valence-corrected chi connectivity index (χ3v) is 6.99. The van der Waals surface area contributed by atoms with Crippen LogP contribution in [0.2, 0.25) is 0 Å². The van der Waals surface area contributed by atoms with E-state index in [0.717, 1.165) is 17.3 Å². The van der Waals surface area contributed by atoms with Crippen molar-refractivity contribution in [2.24, 2.45) is 5.10 Å². The molecule has 3 rings (SSSR count). The number of nitrogens with zero attached hydrogens (tertiary/aromatic N) is 5. The van der Waals surface area contributed by atoms with E-state index < -0.39 is 14.9 Å². The summed E-state index contributed by atoms with van der Waals surface area (Å²) < 4.78 is 28.5. The summed E-state index contributed by atoms with van der Waals surface area (Å²) in [6.07, 6.45) is 5.22. The van der Waals surface area contributed by atoms with Gasteiger partial charge in [-0.2, -0.15) is 9.41 Å². The minimum absolute atomic E-state index is 0.0999. The molecule has 0 fully saturated rings. The number of benzene rings is 2. The van der Waals surface area contributed by atoms with E-state index in [4.69, 9.17) is 0 Å². The van der Waals surface area contributed by atoms with Crippen molar-refractivity contribution in [3.63, 3.8) is 0 Å². The summed E-state index contributed by atoms with van der Waals surface area (Å²) in [5.74, 6) is 0. The predicted molar refractivity (Wildman–Crippen MR) is 123 cm³/mol. The molecule has 0 aliphatic rings. The maximum Gasteiger partial charge on any atom is 0.295 e. The van der Waals surface area contributed by atoms with Crippen LogP contribution in [-0.2, 0) is 10.0 Å². The van der Waals surface area contributed by atoms with Crippen molar-refractivity contribution in [1.29, 1.82) is 0 Å². The smallest absolute Gasteiger partial charge is 0.295 e. The molecule has 10 nitrogen and oxygen atoms in total. The fourth-order valence-corrected chi connectivity index (χ4v) is 4.60. The first-order chi connectivity index (χ1) is 15.3. The van der Waals surface area contributed by atoms with Gasteiger partial charge in [0, 0.05) is 37.2 Å². The lowest BCUT2D eigenvalue weighted by Crippen LogP contribution is -2.30. The summed E-state index contributed by atoms with van der Waals surface area (Å²) in [4.78, 5) is 14.8. The number of anilines is 1. The Morgan fingerprint density at radius 3 is 2.44 bits per heavy atom. The molecule has 0 saturated heterocycles. The van der Waals surface area contributed by atoms with Gasteiger partial charge in [-0.25, -0.2) is 13.4 Å². The number of hydrogen-bond donors (Lipinski definition) is 1. The van der Waals surface area contributed by atoms with Gasteiger partial charge in [-0.1, -0.05) is 26.0 Å². The fraction of sp³-hybridized carbons (Fsp3) is 0.238. The van der Waals surface area contributed by atoms with Gasteiger partial charge in [-0.15, -0.1) is 0 Å². The number of hydrogen-bond acceptors (Lipinski definition) is 7. The topological polar surface area (TPSA) is 123 Å². The molecule has 3 aromatic rings. The Morgan fingerprint density at radius 1 is 1.19 bits per heavy atom. The molecule has 168 valence electrons. The minimum Gasteiger partial charge on any atom is -0.306 e. The molecule has 0 radical (unpaired) electrons. The molecular formula is C21H24N6O4S. The van der Waals surface area contributed by atoms with E-state index in [9.17, 15) is 18.5 Å². The van der Waals surface area contributed by atoms with Crippen LogP contribution >= 0.6 is 0 Å². The number of nitrogens with one attached hydrogen (secondary N) is 1. The molecule has 0 spiro atoms. The quantitative estimate of drug-likeness (QED) is 0.298. The molecule has 1 heterocycles. The minimum atomic E-state index is -3.81. The predicted octanol–water partition coefficient (Wildman–Crippen LogP) is 3.65. The van der Waals surface area contributed by atoms with Gasteiger partial charge in [0.1, 0.15) is 5.69 Å². The van der Waals surface area contributed by atoms with Crippen molar-refractivity contribution in [1.82, 2.24) is 13.9 Å². The summed E-state index contributed by atoms with van der Waals surface area (Å²) in [6, 6.07) is 11.3. The van der Waals surface area contributed by atoms with Gasteiger partial charge in [0.05, 0.1) is 21.9 Å². The first-order valence-corrected chi connectivity index (χ1v) is 11.4. The van der Waals surface area contributed by atoms with Crippen molar-refractivity contribution in [2.45, 2.75) is 25.7 Å². The molecule has 0 aliphatic heterocycles. The molecule has 0 amide bonds. The number of imidazole rings is 1. The van der Waals surface area contributed by atoms with E-state index in [2.05, 4.69) is 15.5 Å². The normalized spacial score (nSPS) is 12.2. The van der Waals surface area contributed by atoms with Gasteiger partial charge >= 0.3 is 0 Å². The second kappa shape index (κ2) is 9.71. The summed E-state index contributed by atoms with van der Waals surface area (Å²) in [5, 5.41) is 15.8. The van der Waals surface area contributed by atoms with Crippen LogP contribution in [0.1, 0.15) is 26.3 Å². The number of hydrazone groups is 1. The maximum absolute atomic E-state index is 12.7. The lowest BCUT2D eigenvalue weighted by Gasteiger charge is -2.18. The van der Waals surface area contributed by atoms with Crippen molar-refractivity contribution >= 4 is 27.1 Å². The van der Waals surface area contributed by atoms with Gasteiger partial charge in [-0.3, -0.25) is 15.5 Å². The Kier molecular flexibility index (Phi) is 7.01. The van der Waals surface area contributed by atoms with Gasteiger partial charge in [-0.05, 0) is 36.8 Å². The Balaban J connectivity index is 1.85. The van der Waals surface area contributed by atoms with Crippen molar-refractivity contribution in [2.75, 3.05) is 18.5 Å². The first-order valence-electron chi connectivity index (χ1n) is 9.95. The molecule has 2 aromatic carbocycles. The van der Waals surface area contributed by atoms with Gasteiger partial charge in [0.15, 0.2) is 0 Å². The van der Waals surface area contributed by atoms with Gasteiger partial charge in [0.2, 0.25) is 10.0 Å². The van der Waals surface area contributed by atoms with Crippen molar-refractivity contribution in [3.05, 3.63) is 76.9 Å². The highest BCUT2D eigenvalue weighted by molar-refractivity contribution is 7.89. The van der Waals surface area contributed by atoms with Crippen molar-refractivity contribution in [3.8, 4) is 5.69 Å². The summed E-state index contributed by atoms with van der Waals surface area (Å²) in [6.45, 7) is 5.74. The molecule has 32 heavy (non-hydrogen) atoms. The van der Waals surface area contributed by atoms with E-state index >= 15 is 0 Å². The molecule has 0 unspecified atom stereocenters. The number of nitro benzene ring substituents is 1. The highest BCUT2D eigenvalue weighted by atomic mass is 32.2. The largest absolute Gasteiger partial charge is 0.306 e. The van der Waals surface area contributed by atoms with Crippen LogP contribution in [0.15, 0.2) is 71.2 Å². The molecule has 1 N–H and O–H groups in total. The van der Waals surface area contributed by atoms with E-state index in [0.29, 0.717) is 5.71 Å². The highest BCUT2D eigenvalue weighted by Crippen LogP contribution is 2.29. The molecule has 0 saturated carbocycles. The molecule has 11 heteroatoms. The lowest BCUT2D eigenvalue weighted by molar-refractivity contribution is -0.384. The maximum atomic E-state index is 12.7. The van der Waals surface area contributed by atoms with Crippen LogP contribution in [0.4, 0.5) is 11.4 Å². The highest BCUT2D eigenvalue weighted by Gasteiger charge is 2.25. The van der Waals surface area contributed by atoms with E-state index in [1.165, 1.54) is 16.4 Å². The lowest BCUT2D eigenvalue weighted by atomic mass is 10.1. The van der Waals surface area contributed by atoms with Crippen molar-refractivity contribution < 1.29 is 13.3 Å². The Labute approximate surface area is 186 Å². The Morgan fingerprint density at radius 2 is 1.88 bits per heavy atom. The number of sulfonamides is 1. The SMILES string of the molecule is CCN(CC)S(=O)(=O)c1ccc(N/N=C(\C)c2ccc(-n3ccnc3)cc2)c([N+](=O)[O-])c1. The Bertz CT molecular complexity index is 1220. The van der Waals surface area contributed by atoms with Crippen LogP contribution < -0.4 is 5.43 Å². The van der Waals surface area contributed by atoms with E-state index in [1.54, 1.807) is 33.3 Å². The summed E-state index contributed by atoms with van der Waals surface area (Å²) in [7, 11) is -3.81. The second-order valence-electron chi connectivity index (χ2n) is 6.85. The Hall–Kier alpha value is -3.57. The number of rotatable bonds is 9. The van der Waals surface area contributed by atoms with Crippen LogP contribution in [0.5, 0.6) is 0 Å². The standard InChI is InChI=1S/C21H24N6O4S/c1-4-26(5-2)32(30,31)19-10-11-20(21(14-19)27(28)29)24-23-16(3)17-6-8-18(9-7-17)25-13-12-22-15-25/h6-15,24H,4-5H2,1-3H3/b23-16+. The number of aromatic nitrogens is 2. The average Bonchev–Trinajstić information content (AvgIpc) is 3.33. The fourth-order valence-electron chi connectivity index (χ4n) is 3.13. The van der Waals surface area contributed by atoms with E-state index in [-0.39, 0.29) is 29.4 Å². The molecule has 0 bridgehead atoms. The third-order valence-electron chi connectivity index (χ3n) is 4.94. The number of nitro groups is 1. The van der Waals surface area contributed by atoms with Crippen LogP contribution in [0.25, 0.3) is 5.69 Å². The monoisotopic (exact) mass is 456 g/mol. The van der Waals surface area contributed by atoms with Gasteiger partial charge in [0.25, 0.3) is 5.69 Å². The van der Waals surface area contributed by atoms with E-state index in [1.807, 2.05) is 35.0 Å². The zero-order valence-electron chi connectivity index (χ0n) is 18.0. The summed E-state index contributed by atoms with van der Waals surface area (Å²) in [5.41, 5.74) is 4.79.